The molecule has 3 aromatic rings. The third-order valence-electron chi connectivity index (χ3n) is 6.42. The van der Waals surface area contributed by atoms with E-state index in [2.05, 4.69) is 4.98 Å². The van der Waals surface area contributed by atoms with Crippen molar-refractivity contribution in [1.82, 2.24) is 4.98 Å². The molecule has 4 rings (SSSR count). The van der Waals surface area contributed by atoms with Crippen LogP contribution >= 0.6 is 0 Å². The lowest BCUT2D eigenvalue weighted by molar-refractivity contribution is -0.141. The van der Waals surface area contributed by atoms with Crippen LogP contribution in [0.1, 0.15) is 44.6 Å². The molecule has 0 atom stereocenters. The van der Waals surface area contributed by atoms with E-state index in [9.17, 15) is 18.0 Å². The first kappa shape index (κ1) is 33.8. The Kier molecular flexibility index (Phi) is 11.5. The molecule has 0 amide bonds. The summed E-state index contributed by atoms with van der Waals surface area (Å²) in [4.78, 5) is 13.9. The van der Waals surface area contributed by atoms with Crippen LogP contribution in [0.15, 0.2) is 66.7 Å². The minimum atomic E-state index is -4.48. The molecule has 1 aliphatic rings. The van der Waals surface area contributed by atoms with Gasteiger partial charge in [-0.05, 0) is 63.7 Å². The number of carboxylic acid groups (broad SMARTS) is 1. The molecule has 2 heterocycles. The fourth-order valence-corrected chi connectivity index (χ4v) is 3.59. The van der Waals surface area contributed by atoms with E-state index >= 15 is 0 Å². The van der Waals surface area contributed by atoms with Gasteiger partial charge in [0.2, 0.25) is 0 Å². The zero-order chi connectivity index (χ0) is 31.0. The lowest BCUT2D eigenvalue weighted by Gasteiger charge is -2.32. The number of aromatic nitrogens is 1. The average molecular weight is 575 g/mol. The highest BCUT2D eigenvalue weighted by molar-refractivity contribution is 6.62. The molecule has 8 nitrogen and oxygen atoms in total. The van der Waals surface area contributed by atoms with E-state index in [0.717, 1.165) is 6.07 Å². The van der Waals surface area contributed by atoms with Crippen molar-refractivity contribution >= 4 is 31.1 Å². The van der Waals surface area contributed by atoms with Crippen LogP contribution in [0.25, 0.3) is 0 Å². The van der Waals surface area contributed by atoms with Gasteiger partial charge in [0.05, 0.1) is 24.7 Å². The molecule has 2 aromatic carbocycles. The van der Waals surface area contributed by atoms with Crippen molar-refractivity contribution in [3.05, 3.63) is 83.7 Å². The summed E-state index contributed by atoms with van der Waals surface area (Å²) in [6, 6.07) is 18.3. The second-order valence-electron chi connectivity index (χ2n) is 10.2. The third kappa shape index (κ3) is 9.89. The molecule has 41 heavy (non-hydrogen) atoms. The van der Waals surface area contributed by atoms with Gasteiger partial charge < -0.3 is 29.2 Å². The zero-order valence-electron chi connectivity index (χ0n) is 23.8. The van der Waals surface area contributed by atoms with E-state index in [0.29, 0.717) is 22.2 Å². The minimum Gasteiger partial charge on any atom is -0.496 e. The standard InChI is InChI=1S/C13H17BF3NO2.C9H10O3.C6H7BO2/c1-8-6-9(7-10(18-8)13(15,16)17)14-19-11(2,3)12(4,5)20-14;1-12-8-5-3-2-4-7(8)6-9(10)11;8-7(9)6-4-2-1-3-5-6/h6-7H,1-5H3;2-5H,6H2,1H3,(H,10,11);1-5,8-9H. The predicted octanol–water partition coefficient (Wildman–Crippen LogP) is 3.40. The van der Waals surface area contributed by atoms with Gasteiger partial charge in [-0.2, -0.15) is 13.2 Å². The molecule has 0 spiro atoms. The Morgan fingerprint density at radius 3 is 1.98 bits per heavy atom. The molecule has 1 fully saturated rings. The Hall–Kier alpha value is -3.38. The second-order valence-corrected chi connectivity index (χ2v) is 10.2. The molecule has 0 unspecified atom stereocenters. The summed E-state index contributed by atoms with van der Waals surface area (Å²) in [5.74, 6) is -0.223. The summed E-state index contributed by atoms with van der Waals surface area (Å²) in [5, 5.41) is 25.7. The lowest BCUT2D eigenvalue weighted by Crippen LogP contribution is -2.41. The Morgan fingerprint density at radius 1 is 0.976 bits per heavy atom. The molecule has 0 aliphatic carbocycles. The number of benzene rings is 2. The summed E-state index contributed by atoms with van der Waals surface area (Å²) in [6.45, 7) is 8.93. The quantitative estimate of drug-likeness (QED) is 0.397. The monoisotopic (exact) mass is 575 g/mol. The lowest BCUT2D eigenvalue weighted by atomic mass is 9.79. The van der Waals surface area contributed by atoms with Gasteiger partial charge in [-0.1, -0.05) is 48.5 Å². The molecule has 220 valence electrons. The molecule has 13 heteroatoms. The van der Waals surface area contributed by atoms with Crippen LogP contribution in [0.4, 0.5) is 13.2 Å². The number of aryl methyl sites for hydroxylation is 1. The highest BCUT2D eigenvalue weighted by atomic mass is 19.4. The first-order chi connectivity index (χ1) is 19.0. The SMILES string of the molecule is COc1ccccc1CC(=O)O.Cc1cc(B2OC(C)(C)C(C)(C)O2)cc(C(F)(F)F)n1.OB(O)c1ccccc1. The number of carbonyl (C=O) groups is 1. The number of para-hydroxylation sites is 1. The number of rotatable bonds is 5. The van der Waals surface area contributed by atoms with Gasteiger partial charge >= 0.3 is 26.4 Å². The number of nitrogens with zero attached hydrogens (tertiary/aromatic N) is 1. The number of methoxy groups -OCH3 is 1. The Bertz CT molecular complexity index is 1270. The zero-order valence-corrected chi connectivity index (χ0v) is 23.8. The molecule has 3 N–H and O–H groups in total. The Balaban J connectivity index is 0.000000237. The van der Waals surface area contributed by atoms with Crippen LogP contribution in [-0.2, 0) is 26.7 Å². The van der Waals surface area contributed by atoms with Crippen molar-refractivity contribution in [3.8, 4) is 5.75 Å². The van der Waals surface area contributed by atoms with Gasteiger partial charge in [0.1, 0.15) is 11.4 Å². The number of aliphatic carboxylic acids is 1. The molecule has 1 aromatic heterocycles. The van der Waals surface area contributed by atoms with E-state index < -0.39 is 43.3 Å². The van der Waals surface area contributed by atoms with Crippen LogP contribution < -0.4 is 15.7 Å². The third-order valence-corrected chi connectivity index (χ3v) is 6.42. The molecule has 1 saturated heterocycles. The van der Waals surface area contributed by atoms with E-state index in [-0.39, 0.29) is 12.1 Å². The van der Waals surface area contributed by atoms with Crippen molar-refractivity contribution in [1.29, 1.82) is 0 Å². The smallest absolute Gasteiger partial charge is 0.494 e. The summed E-state index contributed by atoms with van der Waals surface area (Å²) in [5.41, 5.74) is -0.263. The predicted molar refractivity (Wildman–Crippen MR) is 150 cm³/mol. The highest BCUT2D eigenvalue weighted by Gasteiger charge is 2.52. The summed E-state index contributed by atoms with van der Waals surface area (Å²) < 4.78 is 54.9. The maximum absolute atomic E-state index is 12.8. The number of hydrogen-bond acceptors (Lipinski definition) is 7. The van der Waals surface area contributed by atoms with Gasteiger partial charge in [-0.25, -0.2) is 4.98 Å². The van der Waals surface area contributed by atoms with Gasteiger partial charge in [0.15, 0.2) is 0 Å². The Morgan fingerprint density at radius 2 is 1.51 bits per heavy atom. The van der Waals surface area contributed by atoms with Gasteiger partial charge in [0.25, 0.3) is 0 Å². The molecular weight excluding hydrogens is 541 g/mol. The largest absolute Gasteiger partial charge is 0.496 e. The number of ether oxygens (including phenoxy) is 1. The van der Waals surface area contributed by atoms with E-state index in [1.807, 2.05) is 39.8 Å². The second kappa shape index (κ2) is 14.0. The number of halogens is 3. The Labute approximate surface area is 238 Å². The van der Waals surface area contributed by atoms with Gasteiger partial charge in [0, 0.05) is 11.3 Å². The van der Waals surface area contributed by atoms with Crippen LogP contribution in [0.5, 0.6) is 5.75 Å². The van der Waals surface area contributed by atoms with Crippen molar-refractivity contribution in [3.63, 3.8) is 0 Å². The van der Waals surface area contributed by atoms with Crippen LogP contribution in [-0.4, -0.2) is 58.7 Å². The van der Waals surface area contributed by atoms with Crippen molar-refractivity contribution in [2.75, 3.05) is 7.11 Å². The summed E-state index contributed by atoms with van der Waals surface area (Å²) >= 11 is 0. The maximum Gasteiger partial charge on any atom is 0.494 e. The number of hydrogen-bond donors (Lipinski definition) is 3. The molecular formula is C28H34B2F3NO7. The number of pyridine rings is 1. The number of carboxylic acids is 1. The average Bonchev–Trinajstić information content (AvgIpc) is 3.11. The van der Waals surface area contributed by atoms with E-state index in [4.69, 9.17) is 29.2 Å². The first-order valence-corrected chi connectivity index (χ1v) is 12.6. The fraction of sp³-hybridized carbons (Fsp3) is 0.357. The van der Waals surface area contributed by atoms with E-state index in [1.54, 1.807) is 48.5 Å². The summed E-state index contributed by atoms with van der Waals surface area (Å²) in [6.07, 6.45) is -4.48. The van der Waals surface area contributed by atoms with E-state index in [1.165, 1.54) is 14.0 Å². The molecule has 0 saturated carbocycles. The van der Waals surface area contributed by atoms with Crippen molar-refractivity contribution < 1.29 is 47.2 Å². The topological polar surface area (TPSA) is 118 Å². The fourth-order valence-electron chi connectivity index (χ4n) is 3.59. The maximum atomic E-state index is 12.8. The van der Waals surface area contributed by atoms with Crippen LogP contribution in [0.2, 0.25) is 0 Å². The highest BCUT2D eigenvalue weighted by Crippen LogP contribution is 2.37. The van der Waals surface area contributed by atoms with Crippen LogP contribution in [0.3, 0.4) is 0 Å². The summed E-state index contributed by atoms with van der Waals surface area (Å²) in [7, 11) is -0.630. The van der Waals surface area contributed by atoms with Crippen molar-refractivity contribution in [2.45, 2.75) is 58.4 Å². The van der Waals surface area contributed by atoms with Gasteiger partial charge in [-0.15, -0.1) is 0 Å². The molecule has 1 aliphatic heterocycles. The minimum absolute atomic E-state index is 0.00398. The first-order valence-electron chi connectivity index (χ1n) is 12.6. The number of alkyl halides is 3. The van der Waals surface area contributed by atoms with Crippen LogP contribution in [0, 0.1) is 6.92 Å². The molecule has 0 radical (unpaired) electrons. The normalized spacial score (nSPS) is 15.1. The molecule has 0 bridgehead atoms. The van der Waals surface area contributed by atoms with Gasteiger partial charge in [-0.3, -0.25) is 4.79 Å². The van der Waals surface area contributed by atoms with Crippen molar-refractivity contribution in [2.24, 2.45) is 0 Å².